The van der Waals surface area contributed by atoms with Crippen LogP contribution >= 0.6 is 23.2 Å². The van der Waals surface area contributed by atoms with Gasteiger partial charge in [0.05, 0.1) is 30.6 Å². The second-order valence-electron chi connectivity index (χ2n) is 26.4. The highest BCUT2D eigenvalue weighted by atomic mass is 35.5. The molecule has 9 aliphatic rings. The predicted octanol–water partition coefficient (Wildman–Crippen LogP) is 12.2. The number of carbonyl (C=O) groups excluding carboxylic acids is 4. The third kappa shape index (κ3) is 8.80. The van der Waals surface area contributed by atoms with Gasteiger partial charge in [-0.25, -0.2) is 0 Å². The minimum Gasteiger partial charge on any atom is -0.469 e. The zero-order chi connectivity index (χ0) is 50.8. The summed E-state index contributed by atoms with van der Waals surface area (Å²) in [5, 5.41) is 15.2. The Morgan fingerprint density at radius 2 is 1.28 bits per heavy atom. The molecule has 2 aromatic carbocycles. The number of hydrogen-bond donors (Lipinski definition) is 2. The van der Waals surface area contributed by atoms with Crippen LogP contribution in [0, 0.1) is 51.2 Å². The molecule has 0 aromatic heterocycles. The van der Waals surface area contributed by atoms with Crippen molar-refractivity contribution in [2.45, 2.75) is 181 Å². The summed E-state index contributed by atoms with van der Waals surface area (Å²) in [4.78, 5) is 53.0. The summed E-state index contributed by atoms with van der Waals surface area (Å²) in [6, 6.07) is 12.8. The SMILES string of the molecule is COC(=O)C12CC(N3C=C(C(C)C)[C@](C)(c4ccc([C@@H]5C[C@H]5C(C)(C)C)c(Cl)c4)CC3=O)(C1)C2.COC(=O)C12CC(NC(=O)C[C@@](C)(c3ccc([C@@H]4C[C@H]4C(C)(C)C)c(Cl)c3)C(CO)C(C)C)(C1)C2. The van der Waals surface area contributed by atoms with Gasteiger partial charge in [-0.1, -0.05) is 131 Å². The molecule has 4 bridgehead atoms. The molecule has 378 valence electrons. The number of allylic oxidation sites excluding steroid dienone is 1. The molecule has 8 fully saturated rings. The Hall–Kier alpha value is -3.40. The lowest BCUT2D eigenvalue weighted by Crippen LogP contribution is -2.77. The van der Waals surface area contributed by atoms with Crippen LogP contribution in [0.5, 0.6) is 0 Å². The van der Waals surface area contributed by atoms with E-state index in [9.17, 15) is 24.3 Å². The molecule has 2 aromatic rings. The first-order chi connectivity index (χ1) is 32.0. The summed E-state index contributed by atoms with van der Waals surface area (Å²) in [5.41, 5.74) is 4.13. The van der Waals surface area contributed by atoms with Gasteiger partial charge in [-0.2, -0.15) is 0 Å². The fraction of sp³-hybridized carbons (Fsp3) is 0.690. The van der Waals surface area contributed by atoms with Crippen LogP contribution in [0.2, 0.25) is 10.0 Å². The van der Waals surface area contributed by atoms with Crippen molar-refractivity contribution in [2.75, 3.05) is 20.8 Å². The Kier molecular flexibility index (Phi) is 13.1. The largest absolute Gasteiger partial charge is 0.469 e. The van der Waals surface area contributed by atoms with Crippen LogP contribution in [0.4, 0.5) is 0 Å². The summed E-state index contributed by atoms with van der Waals surface area (Å²) in [5.74, 6) is 2.48. The van der Waals surface area contributed by atoms with Crippen LogP contribution in [0.3, 0.4) is 0 Å². The van der Waals surface area contributed by atoms with Gasteiger partial charge in [0.25, 0.3) is 0 Å². The monoisotopic (exact) mass is 987 g/mol. The van der Waals surface area contributed by atoms with Crippen LogP contribution in [0.1, 0.15) is 181 Å². The number of halogens is 2. The van der Waals surface area contributed by atoms with Crippen molar-refractivity contribution >= 4 is 47.0 Å². The van der Waals surface area contributed by atoms with E-state index in [1.165, 1.54) is 37.3 Å². The highest BCUT2D eigenvalue weighted by molar-refractivity contribution is 6.32. The lowest BCUT2D eigenvalue weighted by molar-refractivity contribution is -0.226. The topological polar surface area (TPSA) is 122 Å². The molecule has 1 aliphatic heterocycles. The predicted molar refractivity (Wildman–Crippen MR) is 273 cm³/mol. The number of aliphatic hydroxyl groups excluding tert-OH is 1. The van der Waals surface area contributed by atoms with Crippen molar-refractivity contribution in [3.05, 3.63) is 80.5 Å². The second kappa shape index (κ2) is 17.4. The average Bonchev–Trinajstić information content (AvgIpc) is 4.13. The van der Waals surface area contributed by atoms with E-state index in [2.05, 4.69) is 125 Å². The Morgan fingerprint density at radius 3 is 1.70 bits per heavy atom. The zero-order valence-electron chi connectivity index (χ0n) is 44.0. The maximum absolute atomic E-state index is 13.5. The van der Waals surface area contributed by atoms with E-state index in [-0.39, 0.29) is 81.9 Å². The molecule has 0 spiro atoms. The third-order valence-electron chi connectivity index (χ3n) is 18.7. The van der Waals surface area contributed by atoms with Gasteiger partial charge < -0.3 is 24.8 Å². The van der Waals surface area contributed by atoms with E-state index in [1.807, 2.05) is 11.0 Å². The molecular weight excluding hydrogens is 908 g/mol. The van der Waals surface area contributed by atoms with E-state index < -0.39 is 10.8 Å². The lowest BCUT2D eigenvalue weighted by Gasteiger charge is -2.71. The molecule has 8 saturated carbocycles. The zero-order valence-corrected chi connectivity index (χ0v) is 45.5. The number of ether oxygens (including phenoxy) is 2. The van der Waals surface area contributed by atoms with Gasteiger partial charge in [0.2, 0.25) is 11.8 Å². The summed E-state index contributed by atoms with van der Waals surface area (Å²) in [6.45, 7) is 26.6. The van der Waals surface area contributed by atoms with Crippen LogP contribution in [0.25, 0.3) is 0 Å². The quantitative estimate of drug-likeness (QED) is 0.181. The number of carbonyl (C=O) groups is 4. The molecule has 7 atom stereocenters. The molecule has 1 unspecified atom stereocenters. The molecule has 69 heavy (non-hydrogen) atoms. The van der Waals surface area contributed by atoms with Gasteiger partial charge >= 0.3 is 11.9 Å². The van der Waals surface area contributed by atoms with Gasteiger partial charge in [-0.05, 0) is 144 Å². The number of amides is 2. The van der Waals surface area contributed by atoms with Gasteiger partial charge in [-0.3, -0.25) is 19.2 Å². The van der Waals surface area contributed by atoms with Gasteiger partial charge in [0.15, 0.2) is 0 Å². The summed E-state index contributed by atoms with van der Waals surface area (Å²) in [6.07, 6.45) is 9.24. The Labute approximate surface area is 422 Å². The second-order valence-corrected chi connectivity index (χ2v) is 27.2. The first kappa shape index (κ1) is 51.9. The molecule has 0 saturated heterocycles. The minimum absolute atomic E-state index is 0.00780. The van der Waals surface area contributed by atoms with Crippen LogP contribution in [-0.2, 0) is 39.5 Å². The third-order valence-corrected chi connectivity index (χ3v) is 19.4. The number of hydrogen-bond acceptors (Lipinski definition) is 7. The molecule has 2 amide bonds. The van der Waals surface area contributed by atoms with Crippen LogP contribution in [-0.4, -0.2) is 65.7 Å². The van der Waals surface area contributed by atoms with Crippen LogP contribution in [0.15, 0.2) is 48.2 Å². The molecule has 11 rings (SSSR count). The highest BCUT2D eigenvalue weighted by Gasteiger charge is 2.76. The first-order valence-corrected chi connectivity index (χ1v) is 26.5. The van der Waals surface area contributed by atoms with Crippen molar-refractivity contribution in [3.63, 3.8) is 0 Å². The fourth-order valence-corrected chi connectivity index (χ4v) is 15.3. The van der Waals surface area contributed by atoms with Crippen molar-refractivity contribution < 1.29 is 33.8 Å². The van der Waals surface area contributed by atoms with E-state index in [4.69, 9.17) is 32.7 Å². The number of aliphatic hydroxyl groups is 1. The summed E-state index contributed by atoms with van der Waals surface area (Å²) < 4.78 is 9.93. The fourth-order valence-electron chi connectivity index (χ4n) is 14.7. The van der Waals surface area contributed by atoms with Crippen molar-refractivity contribution in [3.8, 4) is 0 Å². The van der Waals surface area contributed by atoms with Gasteiger partial charge in [0, 0.05) is 52.1 Å². The Bertz CT molecular complexity index is 2400. The average molecular weight is 988 g/mol. The smallest absolute Gasteiger partial charge is 0.312 e. The molecule has 11 heteroatoms. The molecule has 8 aliphatic carbocycles. The van der Waals surface area contributed by atoms with E-state index in [1.54, 1.807) is 0 Å². The number of methoxy groups -OCH3 is 2. The Balaban J connectivity index is 0.000000186. The molecular formula is C58H80Cl2N2O7. The molecule has 2 N–H and O–H groups in total. The number of nitrogens with one attached hydrogen (secondary N) is 1. The molecule has 9 nitrogen and oxygen atoms in total. The maximum Gasteiger partial charge on any atom is 0.312 e. The Morgan fingerprint density at radius 1 is 0.783 bits per heavy atom. The summed E-state index contributed by atoms with van der Waals surface area (Å²) >= 11 is 13.7. The first-order valence-electron chi connectivity index (χ1n) is 25.7. The molecule has 1 heterocycles. The van der Waals surface area contributed by atoms with E-state index in [0.29, 0.717) is 74.0 Å². The van der Waals surface area contributed by atoms with Crippen molar-refractivity contribution in [1.82, 2.24) is 10.2 Å². The number of benzene rings is 2. The number of esters is 2. The van der Waals surface area contributed by atoms with Crippen molar-refractivity contribution in [1.29, 1.82) is 0 Å². The minimum atomic E-state index is -0.578. The summed E-state index contributed by atoms with van der Waals surface area (Å²) in [7, 11) is 2.87. The lowest BCUT2D eigenvalue weighted by atomic mass is 9.38. The highest BCUT2D eigenvalue weighted by Crippen LogP contribution is 2.71. The number of rotatable bonds is 14. The molecule has 0 radical (unpaired) electrons. The normalized spacial score (nSPS) is 34.0. The number of nitrogens with zero attached hydrogens (tertiary/aromatic N) is 1. The van der Waals surface area contributed by atoms with Crippen LogP contribution < -0.4 is 5.32 Å². The van der Waals surface area contributed by atoms with E-state index >= 15 is 0 Å². The standard InChI is InChI=1S/C29H42ClNO4.C29H38ClNO3/c1-17(2)22(13-32)27(6,12-24(33)31-29-14-28(15-29,16-29)25(34)35-7)18-8-9-19(23(30)10-18)20-11-21(20)26(3,4)5;1-17(2)22-13-31(29-14-28(15-29,16-29)25(33)34-7)24(32)12-27(22,6)18-8-9-19(23(30)10-18)20-11-21(20)26(3,4)5/h8-10,17,20-22,32H,11-16H2,1-7H3,(H,31,33);8-10,13,17,20-21H,11-12,14-16H2,1-7H3/t20-,21+,22?,27-,28?,29?;20-,21+,27-,28?,29?/m00/s1. The maximum atomic E-state index is 13.5. The van der Waals surface area contributed by atoms with Gasteiger partial charge in [0.1, 0.15) is 0 Å². The van der Waals surface area contributed by atoms with E-state index in [0.717, 1.165) is 27.6 Å². The van der Waals surface area contributed by atoms with Gasteiger partial charge in [-0.15, -0.1) is 0 Å². The van der Waals surface area contributed by atoms with Crippen molar-refractivity contribution in [2.24, 2.45) is 51.2 Å².